The number of hydrogen-bond acceptors (Lipinski definition) is 3. The molecule has 0 aliphatic rings. The fourth-order valence-electron chi connectivity index (χ4n) is 2.38. The van der Waals surface area contributed by atoms with Crippen LogP contribution in [0.3, 0.4) is 0 Å². The van der Waals surface area contributed by atoms with Crippen molar-refractivity contribution in [3.05, 3.63) is 47.5 Å². The summed E-state index contributed by atoms with van der Waals surface area (Å²) < 4.78 is 2.09. The van der Waals surface area contributed by atoms with E-state index in [1.807, 2.05) is 19.3 Å². The van der Waals surface area contributed by atoms with Crippen LogP contribution >= 0.6 is 0 Å². The molecular formula is C15H22N4. The van der Waals surface area contributed by atoms with Gasteiger partial charge in [0.05, 0.1) is 17.4 Å². The number of nitrogens with one attached hydrogen (secondary N) is 1. The maximum atomic E-state index is 4.54. The Kier molecular flexibility index (Phi) is 4.68. The van der Waals surface area contributed by atoms with Gasteiger partial charge in [-0.3, -0.25) is 9.67 Å². The molecule has 0 aliphatic heterocycles. The maximum Gasteiger partial charge on any atom is 0.0597 e. The normalized spacial score (nSPS) is 12.6. The first-order chi connectivity index (χ1) is 9.24. The van der Waals surface area contributed by atoms with E-state index in [0.29, 0.717) is 6.04 Å². The topological polar surface area (TPSA) is 42.7 Å². The van der Waals surface area contributed by atoms with Gasteiger partial charge in [-0.05, 0) is 50.6 Å². The van der Waals surface area contributed by atoms with Crippen LogP contribution in [-0.4, -0.2) is 21.3 Å². The van der Waals surface area contributed by atoms with Gasteiger partial charge in [0.15, 0.2) is 0 Å². The monoisotopic (exact) mass is 258 g/mol. The van der Waals surface area contributed by atoms with Crippen molar-refractivity contribution in [1.29, 1.82) is 0 Å². The van der Waals surface area contributed by atoms with Crippen molar-refractivity contribution in [2.75, 3.05) is 6.54 Å². The second-order valence-electron chi connectivity index (χ2n) is 4.70. The minimum absolute atomic E-state index is 0.300. The molecule has 0 fully saturated rings. The molecule has 2 aromatic heterocycles. The zero-order valence-electron chi connectivity index (χ0n) is 11.9. The van der Waals surface area contributed by atoms with Gasteiger partial charge in [0, 0.05) is 18.9 Å². The lowest BCUT2D eigenvalue weighted by atomic mass is 10.0. The Morgan fingerprint density at radius 3 is 2.63 bits per heavy atom. The Morgan fingerprint density at radius 1 is 1.26 bits per heavy atom. The summed E-state index contributed by atoms with van der Waals surface area (Å²) in [6.45, 7) is 8.17. The largest absolute Gasteiger partial charge is 0.309 e. The molecule has 4 heteroatoms. The molecule has 0 spiro atoms. The van der Waals surface area contributed by atoms with Gasteiger partial charge in [-0.2, -0.15) is 5.10 Å². The highest BCUT2D eigenvalue weighted by Gasteiger charge is 2.16. The van der Waals surface area contributed by atoms with E-state index in [0.717, 1.165) is 25.2 Å². The molecule has 0 radical (unpaired) electrons. The molecule has 2 rings (SSSR count). The summed E-state index contributed by atoms with van der Waals surface area (Å²) in [5.41, 5.74) is 3.63. The number of pyridine rings is 1. The Balaban J connectivity index is 2.24. The fourth-order valence-corrected chi connectivity index (χ4v) is 2.38. The second-order valence-corrected chi connectivity index (χ2v) is 4.70. The smallest absolute Gasteiger partial charge is 0.0597 e. The quantitative estimate of drug-likeness (QED) is 0.865. The minimum Gasteiger partial charge on any atom is -0.309 e. The van der Waals surface area contributed by atoms with Crippen molar-refractivity contribution < 1.29 is 0 Å². The molecule has 4 nitrogen and oxygen atoms in total. The van der Waals surface area contributed by atoms with Gasteiger partial charge in [-0.15, -0.1) is 0 Å². The van der Waals surface area contributed by atoms with Crippen molar-refractivity contribution in [2.24, 2.45) is 0 Å². The third-order valence-corrected chi connectivity index (χ3v) is 3.23. The summed E-state index contributed by atoms with van der Waals surface area (Å²) in [5.74, 6) is 0. The Morgan fingerprint density at radius 2 is 2.00 bits per heavy atom. The molecule has 19 heavy (non-hydrogen) atoms. The Labute approximate surface area is 114 Å². The van der Waals surface area contributed by atoms with E-state index in [4.69, 9.17) is 0 Å². The van der Waals surface area contributed by atoms with Crippen molar-refractivity contribution in [3.8, 4) is 0 Å². The van der Waals surface area contributed by atoms with E-state index in [9.17, 15) is 0 Å². The average molecular weight is 258 g/mol. The highest BCUT2D eigenvalue weighted by molar-refractivity contribution is 5.19. The Bertz CT molecular complexity index is 504. The van der Waals surface area contributed by atoms with E-state index in [2.05, 4.69) is 52.1 Å². The van der Waals surface area contributed by atoms with Crippen molar-refractivity contribution in [2.45, 2.75) is 39.8 Å². The zero-order chi connectivity index (χ0) is 13.7. The van der Waals surface area contributed by atoms with Crippen LogP contribution in [0.4, 0.5) is 0 Å². The van der Waals surface area contributed by atoms with Gasteiger partial charge in [0.25, 0.3) is 0 Å². The molecule has 2 heterocycles. The number of aromatic nitrogens is 3. The lowest BCUT2D eigenvalue weighted by molar-refractivity contribution is 0.489. The summed E-state index contributed by atoms with van der Waals surface area (Å²) in [5, 5.41) is 8.09. The van der Waals surface area contributed by atoms with E-state index in [1.165, 1.54) is 11.3 Å². The molecule has 102 valence electrons. The lowest BCUT2D eigenvalue weighted by Crippen LogP contribution is -2.25. The summed E-state index contributed by atoms with van der Waals surface area (Å²) in [6, 6.07) is 6.62. The molecular weight excluding hydrogens is 236 g/mol. The number of hydrogen-bond donors (Lipinski definition) is 1. The van der Waals surface area contributed by atoms with Gasteiger partial charge in [0.2, 0.25) is 0 Å². The van der Waals surface area contributed by atoms with Gasteiger partial charge >= 0.3 is 0 Å². The number of aryl methyl sites for hydroxylation is 2. The molecule has 0 bridgehead atoms. The highest BCUT2D eigenvalue weighted by Crippen LogP contribution is 2.19. The summed E-state index contributed by atoms with van der Waals surface area (Å²) in [6.07, 6.45) is 4.66. The first kappa shape index (κ1) is 13.7. The molecule has 0 saturated heterocycles. The van der Waals surface area contributed by atoms with Crippen LogP contribution in [0.25, 0.3) is 0 Å². The molecule has 0 aliphatic carbocycles. The second kappa shape index (κ2) is 6.48. The summed E-state index contributed by atoms with van der Waals surface area (Å²) in [7, 11) is 0. The van der Waals surface area contributed by atoms with Gasteiger partial charge < -0.3 is 5.32 Å². The molecule has 1 unspecified atom stereocenters. The van der Waals surface area contributed by atoms with Gasteiger partial charge in [-0.25, -0.2) is 0 Å². The number of rotatable bonds is 6. The van der Waals surface area contributed by atoms with Crippen molar-refractivity contribution in [1.82, 2.24) is 20.1 Å². The summed E-state index contributed by atoms with van der Waals surface area (Å²) in [4.78, 5) is 4.07. The lowest BCUT2D eigenvalue weighted by Gasteiger charge is -2.19. The van der Waals surface area contributed by atoms with E-state index in [1.54, 1.807) is 0 Å². The third-order valence-electron chi connectivity index (χ3n) is 3.23. The van der Waals surface area contributed by atoms with E-state index in [-0.39, 0.29) is 0 Å². The van der Waals surface area contributed by atoms with Gasteiger partial charge in [-0.1, -0.05) is 6.92 Å². The van der Waals surface area contributed by atoms with Crippen LogP contribution in [0, 0.1) is 6.92 Å². The van der Waals surface area contributed by atoms with Crippen LogP contribution in [0.1, 0.15) is 36.8 Å². The Hall–Kier alpha value is -1.68. The maximum absolute atomic E-state index is 4.54. The molecule has 1 N–H and O–H groups in total. The SMILES string of the molecule is CCNC(Cc1ccncc1)c1cc(C)nn1CC. The van der Waals surface area contributed by atoms with Crippen LogP contribution in [0.15, 0.2) is 30.6 Å². The average Bonchev–Trinajstić information content (AvgIpc) is 2.80. The van der Waals surface area contributed by atoms with Crippen molar-refractivity contribution >= 4 is 0 Å². The predicted octanol–water partition coefficient (Wildman–Crippen LogP) is 2.50. The van der Waals surface area contributed by atoms with Crippen LogP contribution in [0.5, 0.6) is 0 Å². The summed E-state index contributed by atoms with van der Waals surface area (Å²) >= 11 is 0. The molecule has 1 atom stereocenters. The fraction of sp³-hybridized carbons (Fsp3) is 0.467. The van der Waals surface area contributed by atoms with Gasteiger partial charge in [0.1, 0.15) is 0 Å². The zero-order valence-corrected chi connectivity index (χ0v) is 11.9. The predicted molar refractivity (Wildman–Crippen MR) is 77.0 cm³/mol. The number of nitrogens with zero attached hydrogens (tertiary/aromatic N) is 3. The first-order valence-electron chi connectivity index (χ1n) is 6.91. The van der Waals surface area contributed by atoms with Crippen LogP contribution in [-0.2, 0) is 13.0 Å². The first-order valence-corrected chi connectivity index (χ1v) is 6.91. The minimum atomic E-state index is 0.300. The standard InChI is InChI=1S/C15H22N4/c1-4-17-14(11-13-6-8-16-9-7-13)15-10-12(3)18-19(15)5-2/h6-10,14,17H,4-5,11H2,1-3H3. The van der Waals surface area contributed by atoms with Crippen LogP contribution in [0.2, 0.25) is 0 Å². The molecule has 2 aromatic rings. The van der Waals surface area contributed by atoms with Crippen LogP contribution < -0.4 is 5.32 Å². The molecule has 0 saturated carbocycles. The molecule has 0 aromatic carbocycles. The van der Waals surface area contributed by atoms with Crippen molar-refractivity contribution in [3.63, 3.8) is 0 Å². The van der Waals surface area contributed by atoms with E-state index >= 15 is 0 Å². The highest BCUT2D eigenvalue weighted by atomic mass is 15.3. The number of likely N-dealkylation sites (N-methyl/N-ethyl adjacent to an activating group) is 1. The molecule has 0 amide bonds. The third kappa shape index (κ3) is 3.41. The van der Waals surface area contributed by atoms with E-state index < -0.39 is 0 Å².